The molecule has 0 aliphatic rings. The molecule has 0 atom stereocenters. The predicted octanol–water partition coefficient (Wildman–Crippen LogP) is 3.24. The summed E-state index contributed by atoms with van der Waals surface area (Å²) in [7, 11) is 5.06. The van der Waals surface area contributed by atoms with Crippen LogP contribution in [0.3, 0.4) is 0 Å². The number of esters is 2. The molecule has 0 aromatic heterocycles. The zero-order valence-electron chi connectivity index (χ0n) is 15.8. The molecular weight excluding hydrogens is 354 g/mol. The summed E-state index contributed by atoms with van der Waals surface area (Å²) >= 11 is 1.25. The summed E-state index contributed by atoms with van der Waals surface area (Å²) in [6.07, 6.45) is 3.12. The molecule has 0 saturated carbocycles. The minimum absolute atomic E-state index is 0.265. The van der Waals surface area contributed by atoms with Gasteiger partial charge in [0.05, 0.1) is 25.2 Å². The summed E-state index contributed by atoms with van der Waals surface area (Å²) in [6.45, 7) is 4.03. The average molecular weight is 379 g/mol. The van der Waals surface area contributed by atoms with E-state index in [9.17, 15) is 9.59 Å². The third kappa shape index (κ3) is 6.84. The van der Waals surface area contributed by atoms with Crippen molar-refractivity contribution in [2.75, 3.05) is 34.4 Å². The highest BCUT2D eigenvalue weighted by atomic mass is 32.2. The second-order valence-electron chi connectivity index (χ2n) is 5.20. The number of carbonyl (C=O) groups is 2. The van der Waals surface area contributed by atoms with Crippen molar-refractivity contribution in [2.45, 2.75) is 18.7 Å². The van der Waals surface area contributed by atoms with Crippen molar-refractivity contribution in [3.05, 3.63) is 47.0 Å². The monoisotopic (exact) mass is 379 g/mol. The number of thioether (sulfide) groups is 1. The predicted molar refractivity (Wildman–Crippen MR) is 102 cm³/mol. The fourth-order valence-corrected chi connectivity index (χ4v) is 2.68. The molecule has 0 aliphatic carbocycles. The van der Waals surface area contributed by atoms with Crippen LogP contribution in [0.25, 0.3) is 0 Å². The lowest BCUT2D eigenvalue weighted by Crippen LogP contribution is -2.21. The van der Waals surface area contributed by atoms with Crippen LogP contribution < -0.4 is 4.74 Å². The molecule has 0 fully saturated rings. The summed E-state index contributed by atoms with van der Waals surface area (Å²) in [6, 6.07) is 7.31. The zero-order chi connectivity index (χ0) is 19.5. The first kappa shape index (κ1) is 21.6. The number of nitrogens with zero attached hydrogens (tertiary/aromatic N) is 1. The van der Waals surface area contributed by atoms with Crippen LogP contribution in [0.15, 0.2) is 51.9 Å². The zero-order valence-corrected chi connectivity index (χ0v) is 16.6. The Bertz CT molecular complexity index is 665. The van der Waals surface area contributed by atoms with Crippen LogP contribution in [0.4, 0.5) is 0 Å². The molecule has 142 valence electrons. The van der Waals surface area contributed by atoms with E-state index in [2.05, 4.69) is 0 Å². The molecule has 6 nitrogen and oxygen atoms in total. The minimum atomic E-state index is -0.452. The van der Waals surface area contributed by atoms with Crippen molar-refractivity contribution in [1.29, 1.82) is 0 Å². The molecule has 0 saturated heterocycles. The van der Waals surface area contributed by atoms with Crippen molar-refractivity contribution in [3.8, 4) is 5.75 Å². The first-order chi connectivity index (χ1) is 12.4. The maximum Gasteiger partial charge on any atom is 0.354 e. The molecule has 1 aromatic carbocycles. The summed E-state index contributed by atoms with van der Waals surface area (Å²) < 4.78 is 15.3. The second-order valence-corrected chi connectivity index (χ2v) is 6.31. The topological polar surface area (TPSA) is 65.1 Å². The molecule has 1 aromatic rings. The van der Waals surface area contributed by atoms with Crippen LogP contribution >= 0.6 is 11.8 Å². The largest absolute Gasteiger partial charge is 0.497 e. The smallest absolute Gasteiger partial charge is 0.354 e. The molecule has 0 heterocycles. The van der Waals surface area contributed by atoms with Gasteiger partial charge in [-0.25, -0.2) is 9.59 Å². The van der Waals surface area contributed by atoms with E-state index < -0.39 is 11.9 Å². The van der Waals surface area contributed by atoms with Gasteiger partial charge in [-0.05, 0) is 50.3 Å². The molecular formula is C19H25NO5S. The van der Waals surface area contributed by atoms with Crippen molar-refractivity contribution < 1.29 is 23.8 Å². The van der Waals surface area contributed by atoms with Crippen LogP contribution in [-0.2, 0) is 19.1 Å². The van der Waals surface area contributed by atoms with E-state index in [4.69, 9.17) is 14.2 Å². The van der Waals surface area contributed by atoms with E-state index >= 15 is 0 Å². The van der Waals surface area contributed by atoms with Crippen molar-refractivity contribution in [1.82, 2.24) is 4.90 Å². The summed E-state index contributed by atoms with van der Waals surface area (Å²) in [5.41, 5.74) is 0.337. The van der Waals surface area contributed by atoms with Gasteiger partial charge in [-0.2, -0.15) is 0 Å². The SMILES string of the molecule is CCOC(=O)/C(=C/C=C(/C(=O)OCC)N(C)C)Sc1ccc(OC)cc1. The van der Waals surface area contributed by atoms with E-state index in [0.29, 0.717) is 10.6 Å². The number of ether oxygens (including phenoxy) is 3. The van der Waals surface area contributed by atoms with Gasteiger partial charge in [0, 0.05) is 19.0 Å². The fraction of sp³-hybridized carbons (Fsp3) is 0.368. The Labute approximate surface area is 158 Å². The van der Waals surface area contributed by atoms with Gasteiger partial charge < -0.3 is 19.1 Å². The Hall–Kier alpha value is -2.41. The summed E-state index contributed by atoms with van der Waals surface area (Å²) in [4.78, 5) is 27.1. The molecule has 7 heteroatoms. The number of benzene rings is 1. The van der Waals surface area contributed by atoms with E-state index in [1.165, 1.54) is 11.8 Å². The van der Waals surface area contributed by atoms with Gasteiger partial charge in [0.1, 0.15) is 11.4 Å². The molecule has 0 spiro atoms. The number of allylic oxidation sites excluding steroid dienone is 2. The molecule has 0 amide bonds. The number of methoxy groups -OCH3 is 1. The first-order valence-electron chi connectivity index (χ1n) is 8.18. The maximum absolute atomic E-state index is 12.3. The van der Waals surface area contributed by atoms with Gasteiger partial charge in [0.15, 0.2) is 0 Å². The number of hydrogen-bond donors (Lipinski definition) is 0. The Morgan fingerprint density at radius 2 is 1.58 bits per heavy atom. The van der Waals surface area contributed by atoms with Crippen LogP contribution in [0.2, 0.25) is 0 Å². The van der Waals surface area contributed by atoms with Gasteiger partial charge in [0.25, 0.3) is 0 Å². The molecule has 0 bridgehead atoms. The third-order valence-corrected chi connectivity index (χ3v) is 4.15. The van der Waals surface area contributed by atoms with Crippen molar-refractivity contribution in [3.63, 3.8) is 0 Å². The fourth-order valence-electron chi connectivity index (χ4n) is 1.88. The van der Waals surface area contributed by atoms with Crippen LogP contribution in [-0.4, -0.2) is 51.3 Å². The summed E-state index contributed by atoms with van der Waals surface area (Å²) in [5, 5.41) is 0. The first-order valence-corrected chi connectivity index (χ1v) is 9.00. The van der Waals surface area contributed by atoms with Crippen molar-refractivity contribution >= 4 is 23.7 Å². The lowest BCUT2D eigenvalue weighted by atomic mass is 10.3. The number of hydrogen-bond acceptors (Lipinski definition) is 7. The van der Waals surface area contributed by atoms with Crippen LogP contribution in [0.5, 0.6) is 5.75 Å². The van der Waals surface area contributed by atoms with E-state index in [1.807, 2.05) is 24.3 Å². The Kier molecular flexibility index (Phi) is 9.36. The standard InChI is InChI=1S/C19H25NO5S/c1-6-24-18(21)16(20(3)4)12-13-17(19(22)25-7-2)26-15-10-8-14(23-5)9-11-15/h8-13H,6-7H2,1-5H3/b16-12-,17-13-. The lowest BCUT2D eigenvalue weighted by Gasteiger charge is -2.15. The highest BCUT2D eigenvalue weighted by Crippen LogP contribution is 2.29. The molecule has 0 unspecified atom stereocenters. The lowest BCUT2D eigenvalue weighted by molar-refractivity contribution is -0.140. The van der Waals surface area contributed by atoms with Crippen LogP contribution in [0.1, 0.15) is 13.8 Å². The van der Waals surface area contributed by atoms with Crippen LogP contribution in [0, 0.1) is 0 Å². The Balaban J connectivity index is 3.13. The Morgan fingerprint density at radius 3 is 2.08 bits per heavy atom. The van der Waals surface area contributed by atoms with E-state index in [-0.39, 0.29) is 13.2 Å². The molecule has 0 aliphatic heterocycles. The molecule has 0 N–H and O–H groups in total. The van der Waals surface area contributed by atoms with Gasteiger partial charge >= 0.3 is 11.9 Å². The van der Waals surface area contributed by atoms with Gasteiger partial charge in [-0.15, -0.1) is 0 Å². The summed E-state index contributed by atoms with van der Waals surface area (Å²) in [5.74, 6) is -0.175. The van der Waals surface area contributed by atoms with Gasteiger partial charge in [-0.3, -0.25) is 0 Å². The van der Waals surface area contributed by atoms with Gasteiger partial charge in [-0.1, -0.05) is 11.8 Å². The molecule has 1 rings (SSSR count). The highest BCUT2D eigenvalue weighted by Gasteiger charge is 2.15. The quantitative estimate of drug-likeness (QED) is 0.282. The van der Waals surface area contributed by atoms with E-state index in [1.54, 1.807) is 52.1 Å². The number of likely N-dealkylation sites (N-methyl/N-ethyl adjacent to an activating group) is 1. The van der Waals surface area contributed by atoms with E-state index in [0.717, 1.165) is 10.6 Å². The second kappa shape index (κ2) is 11.3. The molecule has 0 radical (unpaired) electrons. The van der Waals surface area contributed by atoms with Gasteiger partial charge in [0.2, 0.25) is 0 Å². The Morgan fingerprint density at radius 1 is 1.00 bits per heavy atom. The van der Waals surface area contributed by atoms with Crippen molar-refractivity contribution in [2.24, 2.45) is 0 Å². The number of rotatable bonds is 9. The third-order valence-electron chi connectivity index (χ3n) is 3.12. The minimum Gasteiger partial charge on any atom is -0.497 e. The highest BCUT2D eigenvalue weighted by molar-refractivity contribution is 8.04. The normalized spacial score (nSPS) is 11.7. The maximum atomic E-state index is 12.3. The average Bonchev–Trinajstić information content (AvgIpc) is 2.61. The number of carbonyl (C=O) groups excluding carboxylic acids is 2. The molecule has 26 heavy (non-hydrogen) atoms.